The molecule has 1 aromatic carbocycles. The molecule has 0 bridgehead atoms. The topological polar surface area (TPSA) is 57.6 Å². The van der Waals surface area contributed by atoms with Crippen LogP contribution in [0, 0.1) is 12.8 Å². The van der Waals surface area contributed by atoms with Gasteiger partial charge in [-0.05, 0) is 48.9 Å². The van der Waals surface area contributed by atoms with Gasteiger partial charge in [-0.3, -0.25) is 0 Å². The third kappa shape index (κ3) is 3.01. The van der Waals surface area contributed by atoms with E-state index >= 15 is 0 Å². The zero-order chi connectivity index (χ0) is 14.9. The van der Waals surface area contributed by atoms with Crippen LogP contribution in [0.4, 0.5) is 0 Å². The molecule has 0 aromatic heterocycles. The average Bonchev–Trinajstić information content (AvgIpc) is 2.41. The Hall–Kier alpha value is -0.620. The maximum absolute atomic E-state index is 12.7. The second-order valence-electron chi connectivity index (χ2n) is 5.43. The predicted molar refractivity (Wildman–Crippen MR) is 79.3 cm³/mol. The fourth-order valence-corrected chi connectivity index (χ4v) is 4.57. The number of rotatable bonds is 3. The molecule has 6 heteroatoms. The summed E-state index contributed by atoms with van der Waals surface area (Å²) < 4.78 is 27.0. The Balaban J connectivity index is 2.42. The first-order valence-corrected chi connectivity index (χ1v) is 8.58. The van der Waals surface area contributed by atoms with E-state index in [0.29, 0.717) is 35.2 Å². The monoisotopic (exact) mass is 317 g/mol. The number of hydrogen-bond donors (Lipinski definition) is 1. The molecule has 0 unspecified atom stereocenters. The fraction of sp³-hybridized carbons (Fsp3) is 0.571. The highest BCUT2D eigenvalue weighted by molar-refractivity contribution is 7.89. The molecular formula is C14H20ClNO3S. The number of hydrogen-bond acceptors (Lipinski definition) is 3. The summed E-state index contributed by atoms with van der Waals surface area (Å²) in [6, 6.07) is 3.08. The molecule has 2 rings (SSSR count). The van der Waals surface area contributed by atoms with Gasteiger partial charge in [0.2, 0.25) is 10.0 Å². The maximum Gasteiger partial charge on any atom is 0.243 e. The minimum Gasteiger partial charge on any atom is -0.392 e. The van der Waals surface area contributed by atoms with Crippen molar-refractivity contribution >= 4 is 21.6 Å². The Morgan fingerprint density at radius 1 is 1.35 bits per heavy atom. The molecule has 0 atom stereocenters. The molecule has 1 aliphatic rings. The summed E-state index contributed by atoms with van der Waals surface area (Å²) in [7, 11) is -3.53. The Morgan fingerprint density at radius 3 is 2.50 bits per heavy atom. The molecule has 1 saturated heterocycles. The molecule has 20 heavy (non-hydrogen) atoms. The van der Waals surface area contributed by atoms with E-state index in [2.05, 4.69) is 6.92 Å². The first-order valence-electron chi connectivity index (χ1n) is 6.76. The number of nitrogens with zero attached hydrogens (tertiary/aromatic N) is 1. The molecule has 0 radical (unpaired) electrons. The Morgan fingerprint density at radius 2 is 1.95 bits per heavy atom. The number of sulfonamides is 1. The first kappa shape index (κ1) is 15.8. The van der Waals surface area contributed by atoms with E-state index in [0.717, 1.165) is 12.8 Å². The Labute approximate surface area is 125 Å². The maximum atomic E-state index is 12.7. The lowest BCUT2D eigenvalue weighted by atomic mass is 10.0. The van der Waals surface area contributed by atoms with Crippen LogP contribution in [0.25, 0.3) is 0 Å². The summed E-state index contributed by atoms with van der Waals surface area (Å²) in [6.07, 6.45) is 1.76. The molecule has 0 spiro atoms. The normalized spacial score (nSPS) is 18.4. The quantitative estimate of drug-likeness (QED) is 0.932. The van der Waals surface area contributed by atoms with Crippen LogP contribution in [0.2, 0.25) is 5.02 Å². The highest BCUT2D eigenvalue weighted by atomic mass is 35.5. The van der Waals surface area contributed by atoms with Gasteiger partial charge in [-0.1, -0.05) is 18.5 Å². The molecule has 4 nitrogen and oxygen atoms in total. The van der Waals surface area contributed by atoms with E-state index in [1.165, 1.54) is 10.4 Å². The van der Waals surface area contributed by atoms with Crippen molar-refractivity contribution in [3.05, 3.63) is 28.3 Å². The van der Waals surface area contributed by atoms with Gasteiger partial charge in [0.05, 0.1) is 11.5 Å². The first-order chi connectivity index (χ1) is 9.36. The van der Waals surface area contributed by atoms with Crippen LogP contribution in [0.3, 0.4) is 0 Å². The number of halogens is 1. The van der Waals surface area contributed by atoms with E-state index in [1.54, 1.807) is 13.0 Å². The van der Waals surface area contributed by atoms with E-state index in [1.807, 2.05) is 0 Å². The predicted octanol–water partition coefficient (Wildman–Crippen LogP) is 2.56. The van der Waals surface area contributed by atoms with Gasteiger partial charge >= 0.3 is 0 Å². The number of benzene rings is 1. The molecule has 1 N–H and O–H groups in total. The third-order valence-electron chi connectivity index (χ3n) is 3.96. The van der Waals surface area contributed by atoms with Gasteiger partial charge in [0.15, 0.2) is 0 Å². The van der Waals surface area contributed by atoms with Crippen molar-refractivity contribution in [1.82, 2.24) is 4.31 Å². The van der Waals surface area contributed by atoms with Gasteiger partial charge in [-0.15, -0.1) is 0 Å². The van der Waals surface area contributed by atoms with Crippen molar-refractivity contribution in [3.63, 3.8) is 0 Å². The summed E-state index contributed by atoms with van der Waals surface area (Å²) in [5.41, 5.74) is 1.14. The molecule has 0 aliphatic carbocycles. The van der Waals surface area contributed by atoms with Gasteiger partial charge in [-0.2, -0.15) is 4.31 Å². The largest absolute Gasteiger partial charge is 0.392 e. The van der Waals surface area contributed by atoms with Crippen molar-refractivity contribution in [3.8, 4) is 0 Å². The van der Waals surface area contributed by atoms with Gasteiger partial charge in [0, 0.05) is 18.1 Å². The second kappa shape index (κ2) is 6.02. The summed E-state index contributed by atoms with van der Waals surface area (Å²) in [5.74, 6) is 0.565. The average molecular weight is 318 g/mol. The van der Waals surface area contributed by atoms with Gasteiger partial charge in [0.1, 0.15) is 0 Å². The highest BCUT2D eigenvalue weighted by Crippen LogP contribution is 2.29. The molecule has 1 heterocycles. The van der Waals surface area contributed by atoms with Crippen LogP contribution in [0.5, 0.6) is 0 Å². The minimum absolute atomic E-state index is 0.212. The van der Waals surface area contributed by atoms with Gasteiger partial charge < -0.3 is 5.11 Å². The third-order valence-corrected chi connectivity index (χ3v) is 6.21. The van der Waals surface area contributed by atoms with Gasteiger partial charge in [-0.25, -0.2) is 8.42 Å². The lowest BCUT2D eigenvalue weighted by Gasteiger charge is -2.30. The van der Waals surface area contributed by atoms with Crippen molar-refractivity contribution in [2.24, 2.45) is 5.92 Å². The van der Waals surface area contributed by atoms with Crippen LogP contribution in [-0.4, -0.2) is 30.9 Å². The standard InChI is InChI=1S/C14H20ClNO3S/c1-10-3-5-16(6-4-10)20(18,19)14-8-13(15)7-12(9-17)11(14)2/h7-8,10,17H,3-6,9H2,1-2H3. The zero-order valence-electron chi connectivity index (χ0n) is 11.8. The smallest absolute Gasteiger partial charge is 0.243 e. The van der Waals surface area contributed by atoms with Crippen LogP contribution < -0.4 is 0 Å². The van der Waals surface area contributed by atoms with Crippen LogP contribution in [0.1, 0.15) is 30.9 Å². The van der Waals surface area contributed by atoms with Crippen molar-refractivity contribution in [2.75, 3.05) is 13.1 Å². The Kier molecular flexibility index (Phi) is 4.74. The van der Waals surface area contributed by atoms with E-state index in [4.69, 9.17) is 11.6 Å². The molecule has 1 fully saturated rings. The zero-order valence-corrected chi connectivity index (χ0v) is 13.3. The molecule has 0 saturated carbocycles. The Bertz CT molecular complexity index is 593. The lowest BCUT2D eigenvalue weighted by Crippen LogP contribution is -2.38. The summed E-state index contributed by atoms with van der Waals surface area (Å²) in [4.78, 5) is 0.212. The van der Waals surface area contributed by atoms with Crippen LogP contribution >= 0.6 is 11.6 Å². The number of aliphatic hydroxyl groups excluding tert-OH is 1. The van der Waals surface area contributed by atoms with Gasteiger partial charge in [0.25, 0.3) is 0 Å². The second-order valence-corrected chi connectivity index (χ2v) is 7.78. The molecule has 1 aromatic rings. The highest BCUT2D eigenvalue weighted by Gasteiger charge is 2.30. The molecular weight excluding hydrogens is 298 g/mol. The summed E-state index contributed by atoms with van der Waals surface area (Å²) in [5, 5.41) is 9.65. The van der Waals surface area contributed by atoms with Crippen LogP contribution in [0.15, 0.2) is 17.0 Å². The molecule has 1 aliphatic heterocycles. The SMILES string of the molecule is Cc1c(CO)cc(Cl)cc1S(=O)(=O)N1CCC(C)CC1. The van der Waals surface area contributed by atoms with Crippen molar-refractivity contribution < 1.29 is 13.5 Å². The lowest BCUT2D eigenvalue weighted by molar-refractivity contribution is 0.280. The minimum atomic E-state index is -3.53. The van der Waals surface area contributed by atoms with Crippen molar-refractivity contribution in [1.29, 1.82) is 0 Å². The fourth-order valence-electron chi connectivity index (χ4n) is 2.50. The molecule has 112 valence electrons. The van der Waals surface area contributed by atoms with E-state index < -0.39 is 10.0 Å². The number of piperidine rings is 1. The van der Waals surface area contributed by atoms with Crippen LogP contribution in [-0.2, 0) is 16.6 Å². The van der Waals surface area contributed by atoms with E-state index in [9.17, 15) is 13.5 Å². The summed E-state index contributed by atoms with van der Waals surface area (Å²) in [6.45, 7) is 4.72. The van der Waals surface area contributed by atoms with Crippen molar-refractivity contribution in [2.45, 2.75) is 38.2 Å². The summed E-state index contributed by atoms with van der Waals surface area (Å²) >= 11 is 5.97. The van der Waals surface area contributed by atoms with E-state index in [-0.39, 0.29) is 11.5 Å². The number of aliphatic hydroxyl groups is 1. The molecule has 0 amide bonds.